The summed E-state index contributed by atoms with van der Waals surface area (Å²) in [5, 5.41) is 0. The van der Waals surface area contributed by atoms with Crippen molar-refractivity contribution in [2.24, 2.45) is 0 Å². The molecule has 0 aromatic heterocycles. The molecule has 0 spiro atoms. The van der Waals surface area contributed by atoms with Crippen LogP contribution in [0, 0.1) is 0 Å². The molecule has 0 bridgehead atoms. The Bertz CT molecular complexity index is 765. The number of rotatable bonds is 10. The van der Waals surface area contributed by atoms with E-state index in [9.17, 15) is 8.42 Å². The molecule has 0 saturated heterocycles. The third-order valence-corrected chi connectivity index (χ3v) is 3.56. The van der Waals surface area contributed by atoms with Crippen LogP contribution >= 0.6 is 0 Å². The molecule has 0 fully saturated rings. The fraction of sp³-hybridized carbons (Fsp3) is 0.111. The fourth-order valence-electron chi connectivity index (χ4n) is 1.99. The maximum absolute atomic E-state index is 11.8. The van der Waals surface area contributed by atoms with Crippen LogP contribution in [0.25, 0.3) is 0 Å². The van der Waals surface area contributed by atoms with Gasteiger partial charge in [0, 0.05) is 11.1 Å². The van der Waals surface area contributed by atoms with Crippen LogP contribution in [0.15, 0.2) is 73.8 Å². The molecule has 132 valence electrons. The molecule has 2 rings (SSSR count). The minimum Gasteiger partial charge on any atom is -0.319 e. The predicted molar refractivity (Wildman–Crippen MR) is 93.0 cm³/mol. The molecule has 7 heteroatoms. The van der Waals surface area contributed by atoms with Crippen molar-refractivity contribution in [1.29, 1.82) is 0 Å². The summed E-state index contributed by atoms with van der Waals surface area (Å²) in [6, 6.07) is 13.6. The van der Waals surface area contributed by atoms with Gasteiger partial charge in [-0.15, -0.1) is 13.2 Å². The largest absolute Gasteiger partial charge is 0.470 e. The second-order valence-electron chi connectivity index (χ2n) is 4.91. The van der Waals surface area contributed by atoms with Gasteiger partial charge in [0.1, 0.15) is 0 Å². The Morgan fingerprint density at radius 3 is 1.56 bits per heavy atom. The maximum Gasteiger partial charge on any atom is 0.470 e. The lowest BCUT2D eigenvalue weighted by Crippen LogP contribution is -2.15. The standard InChI is InChI=1S/C18H18O6S/c1-3-9-15-11-5-7-13-17(15)21-23-25(19,20)24-22-18-14-8-6-12-16(18)10-4-2/h3-8,11-14H,1-2,9-10H2. The van der Waals surface area contributed by atoms with E-state index in [2.05, 4.69) is 21.8 Å². The highest BCUT2D eigenvalue weighted by Crippen LogP contribution is 2.22. The smallest absolute Gasteiger partial charge is 0.319 e. The minimum atomic E-state index is -4.54. The third-order valence-electron chi connectivity index (χ3n) is 3.09. The van der Waals surface area contributed by atoms with Gasteiger partial charge in [-0.1, -0.05) is 48.6 Å². The molecular formula is C18H18O6S. The Morgan fingerprint density at radius 2 is 1.16 bits per heavy atom. The zero-order valence-corrected chi connectivity index (χ0v) is 14.3. The van der Waals surface area contributed by atoms with Crippen LogP contribution in [0.1, 0.15) is 11.1 Å². The van der Waals surface area contributed by atoms with Crippen molar-refractivity contribution < 1.29 is 26.9 Å². The van der Waals surface area contributed by atoms with Gasteiger partial charge in [-0.05, 0) is 33.6 Å². The van der Waals surface area contributed by atoms with Gasteiger partial charge in [-0.2, -0.15) is 8.42 Å². The second kappa shape index (κ2) is 9.03. The maximum atomic E-state index is 11.8. The summed E-state index contributed by atoms with van der Waals surface area (Å²) in [5.41, 5.74) is 1.43. The van der Waals surface area contributed by atoms with E-state index in [0.717, 1.165) is 0 Å². The first-order chi connectivity index (χ1) is 12.1. The highest BCUT2D eigenvalue weighted by molar-refractivity contribution is 7.81. The van der Waals surface area contributed by atoms with Crippen molar-refractivity contribution in [3.05, 3.63) is 85.0 Å². The molecule has 0 unspecified atom stereocenters. The lowest BCUT2D eigenvalue weighted by molar-refractivity contribution is -0.162. The summed E-state index contributed by atoms with van der Waals surface area (Å²) in [5.74, 6) is 0.475. The molecule has 2 aromatic rings. The number of allylic oxidation sites excluding steroid dienone is 2. The van der Waals surface area contributed by atoms with Gasteiger partial charge in [0.15, 0.2) is 11.5 Å². The Kier molecular flexibility index (Phi) is 6.76. The molecule has 25 heavy (non-hydrogen) atoms. The van der Waals surface area contributed by atoms with E-state index in [0.29, 0.717) is 24.0 Å². The Balaban J connectivity index is 1.99. The normalized spacial score (nSPS) is 10.9. The van der Waals surface area contributed by atoms with Crippen LogP contribution in [0.5, 0.6) is 11.5 Å². The molecule has 0 saturated carbocycles. The average Bonchev–Trinajstić information content (AvgIpc) is 2.61. The average molecular weight is 362 g/mol. The Hall–Kier alpha value is -2.61. The summed E-state index contributed by atoms with van der Waals surface area (Å²) in [6.07, 6.45) is 4.30. The van der Waals surface area contributed by atoms with Gasteiger partial charge in [0.05, 0.1) is 0 Å². The van der Waals surface area contributed by atoms with Crippen LogP contribution in [-0.2, 0) is 31.9 Å². The van der Waals surface area contributed by atoms with Gasteiger partial charge in [0.2, 0.25) is 0 Å². The van der Waals surface area contributed by atoms with E-state index >= 15 is 0 Å². The molecule has 0 N–H and O–H groups in total. The number of hydrogen-bond donors (Lipinski definition) is 0. The molecule has 0 aliphatic heterocycles. The van der Waals surface area contributed by atoms with Gasteiger partial charge in [-0.25, -0.2) is 0 Å². The predicted octanol–water partition coefficient (Wildman–Crippen LogP) is 3.71. The molecule has 0 aliphatic carbocycles. The summed E-state index contributed by atoms with van der Waals surface area (Å²) >= 11 is 0. The van der Waals surface area contributed by atoms with Gasteiger partial charge < -0.3 is 9.78 Å². The van der Waals surface area contributed by atoms with Crippen LogP contribution in [0.3, 0.4) is 0 Å². The lowest BCUT2D eigenvalue weighted by atomic mass is 10.1. The molecule has 2 aromatic carbocycles. The summed E-state index contributed by atoms with van der Waals surface area (Å²) < 4.78 is 32.4. The van der Waals surface area contributed by atoms with E-state index in [-0.39, 0.29) is 11.5 Å². The molecule has 0 atom stereocenters. The van der Waals surface area contributed by atoms with Crippen molar-refractivity contribution in [2.45, 2.75) is 12.8 Å². The zero-order valence-electron chi connectivity index (χ0n) is 13.5. The monoisotopic (exact) mass is 362 g/mol. The van der Waals surface area contributed by atoms with Gasteiger partial charge in [-0.3, -0.25) is 0 Å². The number of hydrogen-bond acceptors (Lipinski definition) is 6. The molecular weight excluding hydrogens is 344 g/mol. The van der Waals surface area contributed by atoms with E-state index < -0.39 is 10.4 Å². The zero-order chi connectivity index (χ0) is 18.1. The molecule has 0 radical (unpaired) electrons. The summed E-state index contributed by atoms with van der Waals surface area (Å²) in [4.78, 5) is 9.73. The van der Waals surface area contributed by atoms with Crippen LogP contribution in [-0.4, -0.2) is 8.42 Å². The second-order valence-corrected chi connectivity index (χ2v) is 6.00. The molecule has 0 aliphatic rings. The first-order valence-electron chi connectivity index (χ1n) is 7.40. The van der Waals surface area contributed by atoms with Crippen molar-refractivity contribution in [1.82, 2.24) is 0 Å². The molecule has 0 amide bonds. The van der Waals surface area contributed by atoms with E-state index in [1.807, 2.05) is 0 Å². The lowest BCUT2D eigenvalue weighted by Gasteiger charge is -2.09. The topological polar surface area (TPSA) is 71.1 Å². The quantitative estimate of drug-likeness (QED) is 0.364. The van der Waals surface area contributed by atoms with Crippen LogP contribution < -0.4 is 9.78 Å². The highest BCUT2D eigenvalue weighted by atomic mass is 32.3. The van der Waals surface area contributed by atoms with E-state index in [1.165, 1.54) is 0 Å². The van der Waals surface area contributed by atoms with Gasteiger partial charge in [0.25, 0.3) is 0 Å². The minimum absolute atomic E-state index is 0.238. The Morgan fingerprint density at radius 1 is 0.760 bits per heavy atom. The van der Waals surface area contributed by atoms with E-state index in [4.69, 9.17) is 9.78 Å². The van der Waals surface area contributed by atoms with Crippen LogP contribution in [0.4, 0.5) is 0 Å². The fourth-order valence-corrected chi connectivity index (χ4v) is 2.32. The molecule has 0 heterocycles. The number of benzene rings is 2. The first-order valence-corrected chi connectivity index (χ1v) is 8.74. The third kappa shape index (κ3) is 5.75. The summed E-state index contributed by atoms with van der Waals surface area (Å²) in [6.45, 7) is 7.25. The van der Waals surface area contributed by atoms with Crippen molar-refractivity contribution in [3.8, 4) is 11.5 Å². The molecule has 6 nitrogen and oxygen atoms in total. The van der Waals surface area contributed by atoms with Crippen molar-refractivity contribution >= 4 is 10.4 Å². The first kappa shape index (κ1) is 18.7. The highest BCUT2D eigenvalue weighted by Gasteiger charge is 2.19. The van der Waals surface area contributed by atoms with Crippen molar-refractivity contribution in [3.63, 3.8) is 0 Å². The SMILES string of the molecule is C=CCc1ccccc1OOS(=O)(=O)OOc1ccccc1CC=C. The van der Waals surface area contributed by atoms with E-state index in [1.54, 1.807) is 60.7 Å². The van der Waals surface area contributed by atoms with Crippen LogP contribution in [0.2, 0.25) is 0 Å². The van der Waals surface area contributed by atoms with Gasteiger partial charge >= 0.3 is 10.4 Å². The Labute approximate surface area is 147 Å². The van der Waals surface area contributed by atoms with Crippen molar-refractivity contribution in [2.75, 3.05) is 0 Å². The summed E-state index contributed by atoms with van der Waals surface area (Å²) in [7, 11) is -4.54. The number of para-hydroxylation sites is 2.